The smallest absolute Gasteiger partial charge is 0.257 e. The average molecular weight is 522 g/mol. The maximum absolute atomic E-state index is 12.6. The molecule has 37 heavy (non-hydrogen) atoms. The normalized spacial score (nSPS) is 11.8. The Hall–Kier alpha value is -3.98. The highest BCUT2D eigenvalue weighted by Crippen LogP contribution is 2.18. The Morgan fingerprint density at radius 3 is 1.73 bits per heavy atom. The minimum atomic E-state index is -0.154. The molecule has 3 aromatic rings. The van der Waals surface area contributed by atoms with Crippen molar-refractivity contribution in [1.82, 2.24) is 10.6 Å². The SMILES string of the molecule is CCCCNC(=O)c1ccc(/[N+](O)=C/c2ccc(/C=[N+](/[O-])c3ccc(C(=O)NCCCC)cc3)s2)cc1. The van der Waals surface area contributed by atoms with Gasteiger partial charge in [-0.3, -0.25) is 14.8 Å². The first-order valence-electron chi connectivity index (χ1n) is 12.4. The van der Waals surface area contributed by atoms with Crippen LogP contribution in [0.3, 0.4) is 0 Å². The molecule has 194 valence electrons. The summed E-state index contributed by atoms with van der Waals surface area (Å²) in [5.74, 6) is -0.294. The van der Waals surface area contributed by atoms with E-state index in [1.807, 2.05) is 0 Å². The zero-order valence-corrected chi connectivity index (χ0v) is 22.0. The van der Waals surface area contributed by atoms with E-state index in [0.29, 0.717) is 40.5 Å². The summed E-state index contributed by atoms with van der Waals surface area (Å²) in [6.45, 7) is 5.39. The first-order chi connectivity index (χ1) is 17.9. The monoisotopic (exact) mass is 521 g/mol. The quantitative estimate of drug-likeness (QED) is 0.0758. The molecule has 8 nitrogen and oxygen atoms in total. The molecular weight excluding hydrogens is 488 g/mol. The largest absolute Gasteiger partial charge is 0.618 e. The van der Waals surface area contributed by atoms with E-state index in [1.54, 1.807) is 66.9 Å². The summed E-state index contributed by atoms with van der Waals surface area (Å²) in [5.41, 5.74) is 1.95. The number of rotatable bonds is 12. The molecule has 0 atom stereocenters. The van der Waals surface area contributed by atoms with E-state index >= 15 is 0 Å². The molecule has 0 aliphatic heterocycles. The number of thiophene rings is 1. The van der Waals surface area contributed by atoms with Crippen LogP contribution in [0.25, 0.3) is 0 Å². The van der Waals surface area contributed by atoms with E-state index < -0.39 is 0 Å². The molecule has 0 aliphatic carbocycles. The van der Waals surface area contributed by atoms with Crippen molar-refractivity contribution >= 4 is 47.0 Å². The maximum Gasteiger partial charge on any atom is 0.257 e. The van der Waals surface area contributed by atoms with Gasteiger partial charge in [-0.05, 0) is 49.2 Å². The lowest BCUT2D eigenvalue weighted by molar-refractivity contribution is -0.709. The number of unbranched alkanes of at least 4 members (excludes halogenated alkanes) is 2. The fourth-order valence-electron chi connectivity index (χ4n) is 3.38. The molecule has 0 spiro atoms. The molecule has 0 aliphatic rings. The summed E-state index contributed by atoms with van der Waals surface area (Å²) in [6, 6.07) is 16.7. The van der Waals surface area contributed by atoms with Gasteiger partial charge in [-0.25, -0.2) is 0 Å². The van der Waals surface area contributed by atoms with Crippen molar-refractivity contribution in [3.63, 3.8) is 0 Å². The van der Waals surface area contributed by atoms with Crippen LogP contribution in [0.1, 0.15) is 70.0 Å². The van der Waals surface area contributed by atoms with Gasteiger partial charge in [-0.2, -0.15) is 4.74 Å². The van der Waals surface area contributed by atoms with Crippen LogP contribution in [0.2, 0.25) is 0 Å². The van der Waals surface area contributed by atoms with Gasteiger partial charge >= 0.3 is 0 Å². The van der Waals surface area contributed by atoms with E-state index in [-0.39, 0.29) is 11.8 Å². The molecule has 0 bridgehead atoms. The minimum Gasteiger partial charge on any atom is -0.618 e. The Morgan fingerprint density at radius 2 is 1.24 bits per heavy atom. The number of nitrogens with one attached hydrogen (secondary N) is 2. The van der Waals surface area contributed by atoms with Crippen LogP contribution in [0.5, 0.6) is 0 Å². The predicted molar refractivity (Wildman–Crippen MR) is 147 cm³/mol. The molecule has 1 aromatic heterocycles. The van der Waals surface area contributed by atoms with Crippen molar-refractivity contribution in [1.29, 1.82) is 0 Å². The first-order valence-corrected chi connectivity index (χ1v) is 13.2. The Balaban J connectivity index is 1.63. The summed E-state index contributed by atoms with van der Waals surface area (Å²) in [4.78, 5) is 25.7. The highest BCUT2D eigenvalue weighted by Gasteiger charge is 2.13. The maximum atomic E-state index is 12.6. The van der Waals surface area contributed by atoms with Gasteiger partial charge in [0.2, 0.25) is 11.9 Å². The highest BCUT2D eigenvalue weighted by atomic mass is 32.1. The zero-order chi connectivity index (χ0) is 26.6. The molecule has 3 N–H and O–H groups in total. The zero-order valence-electron chi connectivity index (χ0n) is 21.1. The molecular formula is C28H33N4O4S+. The summed E-state index contributed by atoms with van der Waals surface area (Å²) >= 11 is 1.33. The lowest BCUT2D eigenvalue weighted by Gasteiger charge is -2.05. The minimum absolute atomic E-state index is 0.140. The fraction of sp³-hybridized carbons (Fsp3) is 0.286. The number of benzene rings is 2. The molecule has 0 radical (unpaired) electrons. The Kier molecular flexibility index (Phi) is 10.4. The third-order valence-corrected chi connectivity index (χ3v) is 6.51. The van der Waals surface area contributed by atoms with Crippen molar-refractivity contribution in [3.05, 3.63) is 86.8 Å². The third kappa shape index (κ3) is 8.28. The van der Waals surface area contributed by atoms with Gasteiger partial charge in [0.1, 0.15) is 0 Å². The van der Waals surface area contributed by atoms with Crippen LogP contribution in [0.15, 0.2) is 60.7 Å². The van der Waals surface area contributed by atoms with Crippen LogP contribution < -0.4 is 10.6 Å². The highest BCUT2D eigenvalue weighted by molar-refractivity contribution is 7.15. The van der Waals surface area contributed by atoms with Crippen molar-refractivity contribution in [2.24, 2.45) is 0 Å². The molecule has 9 heteroatoms. The van der Waals surface area contributed by atoms with Gasteiger partial charge in [-0.1, -0.05) is 26.7 Å². The first kappa shape index (κ1) is 27.6. The lowest BCUT2D eigenvalue weighted by Crippen LogP contribution is -2.24. The summed E-state index contributed by atoms with van der Waals surface area (Å²) < 4.78 is 1.73. The second kappa shape index (κ2) is 13.9. The molecule has 0 fully saturated rings. The Morgan fingerprint density at radius 1 is 0.784 bits per heavy atom. The van der Waals surface area contributed by atoms with Gasteiger partial charge in [-0.15, -0.1) is 11.3 Å². The van der Waals surface area contributed by atoms with E-state index in [4.69, 9.17) is 0 Å². The molecule has 2 aromatic carbocycles. The van der Waals surface area contributed by atoms with Gasteiger partial charge in [0, 0.05) is 53.2 Å². The Bertz CT molecular complexity index is 1150. The number of carbonyl (C=O) groups is 2. The molecule has 2 amide bonds. The van der Waals surface area contributed by atoms with Crippen LogP contribution in [0, 0.1) is 5.21 Å². The van der Waals surface area contributed by atoms with Crippen molar-refractivity contribution in [3.8, 4) is 0 Å². The van der Waals surface area contributed by atoms with Crippen LogP contribution >= 0.6 is 11.3 Å². The Labute approximate surface area is 221 Å². The van der Waals surface area contributed by atoms with Crippen LogP contribution in [-0.4, -0.2) is 52.0 Å². The van der Waals surface area contributed by atoms with Gasteiger partial charge in [0.05, 0.1) is 9.75 Å². The number of hydrogen-bond acceptors (Lipinski definition) is 5. The number of nitrogens with zero attached hydrogens (tertiary/aromatic N) is 2. The van der Waals surface area contributed by atoms with Crippen molar-refractivity contribution in [2.75, 3.05) is 13.1 Å². The van der Waals surface area contributed by atoms with E-state index in [9.17, 15) is 20.0 Å². The fourth-order valence-corrected chi connectivity index (χ4v) is 4.22. The topological polar surface area (TPSA) is 108 Å². The van der Waals surface area contributed by atoms with Gasteiger partial charge < -0.3 is 15.8 Å². The summed E-state index contributed by atoms with van der Waals surface area (Å²) in [7, 11) is 0. The molecule has 3 rings (SSSR count). The molecule has 0 unspecified atom stereocenters. The van der Waals surface area contributed by atoms with Crippen LogP contribution in [-0.2, 0) is 0 Å². The second-order valence-electron chi connectivity index (χ2n) is 8.48. The number of carbonyl (C=O) groups excluding carboxylic acids is 2. The lowest BCUT2D eigenvalue weighted by atomic mass is 10.2. The van der Waals surface area contributed by atoms with Crippen molar-refractivity contribution < 1.29 is 24.3 Å². The summed E-state index contributed by atoms with van der Waals surface area (Å²) in [6.07, 6.45) is 6.86. The van der Waals surface area contributed by atoms with Gasteiger partial charge in [0.15, 0.2) is 6.21 Å². The second-order valence-corrected chi connectivity index (χ2v) is 9.63. The van der Waals surface area contributed by atoms with Gasteiger partial charge in [0.25, 0.3) is 17.5 Å². The molecule has 0 saturated heterocycles. The molecule has 1 heterocycles. The van der Waals surface area contributed by atoms with E-state index in [1.165, 1.54) is 17.6 Å². The third-order valence-electron chi connectivity index (χ3n) is 5.55. The number of amides is 2. The van der Waals surface area contributed by atoms with Crippen LogP contribution in [0.4, 0.5) is 11.4 Å². The molecule has 0 saturated carbocycles. The number of hydrogen-bond donors (Lipinski definition) is 3. The van der Waals surface area contributed by atoms with E-state index in [2.05, 4.69) is 24.5 Å². The predicted octanol–water partition coefficient (Wildman–Crippen LogP) is 5.22. The standard InChI is InChI=1S/C28H32N4O4S/c1-3-5-17-29-27(33)21-7-11-23(12-8-21)31(35)19-25-15-16-26(37-25)20-32(36)24-13-9-22(10-14-24)28(34)30-18-6-4-2/h7-16,19-20H,3-6,17-18H2,1-2H3,(H2-,29,30,33,34,35)/p+1. The summed E-state index contributed by atoms with van der Waals surface area (Å²) in [5, 5.41) is 28.8. The van der Waals surface area contributed by atoms with E-state index in [0.717, 1.165) is 40.0 Å². The van der Waals surface area contributed by atoms with Crippen molar-refractivity contribution in [2.45, 2.75) is 39.5 Å². The average Bonchev–Trinajstić information content (AvgIpc) is 3.35.